The van der Waals surface area contributed by atoms with Crippen molar-refractivity contribution in [1.82, 2.24) is 0 Å². The molecule has 1 heterocycles. The summed E-state index contributed by atoms with van der Waals surface area (Å²) in [6, 6.07) is 13.8. The Hall–Kier alpha value is -2.83. The lowest BCUT2D eigenvalue weighted by Crippen LogP contribution is -2.46. The van der Waals surface area contributed by atoms with Crippen LogP contribution in [0.1, 0.15) is 26.2 Å². The first-order valence-corrected chi connectivity index (χ1v) is 10.6. The monoisotopic (exact) mass is 442 g/mol. The van der Waals surface area contributed by atoms with Gasteiger partial charge in [0.15, 0.2) is 11.0 Å². The standard InChI is InChI=1S/C24H23ClO6/c1-2-28-22(27)14-30-24(11-4-12-24)15-29-17-9-7-16(8-10-17)21-13-20(26)18-5-3-6-19(25)23(18)31-21/h3,5-10,13H,2,4,11-12,14-15H2,1H3. The van der Waals surface area contributed by atoms with Crippen LogP contribution in [0.25, 0.3) is 22.3 Å². The van der Waals surface area contributed by atoms with Crippen LogP contribution in [0.15, 0.2) is 57.7 Å². The second kappa shape index (κ2) is 9.12. The Morgan fingerprint density at radius 2 is 1.94 bits per heavy atom. The fourth-order valence-electron chi connectivity index (χ4n) is 3.53. The molecule has 0 atom stereocenters. The summed E-state index contributed by atoms with van der Waals surface area (Å²) in [4.78, 5) is 24.0. The zero-order valence-corrected chi connectivity index (χ0v) is 17.9. The summed E-state index contributed by atoms with van der Waals surface area (Å²) in [5, 5.41) is 0.842. The van der Waals surface area contributed by atoms with Crippen LogP contribution < -0.4 is 10.2 Å². The van der Waals surface area contributed by atoms with Gasteiger partial charge in [-0.3, -0.25) is 4.79 Å². The number of halogens is 1. The molecule has 162 valence electrons. The number of hydrogen-bond donors (Lipinski definition) is 0. The van der Waals surface area contributed by atoms with Gasteiger partial charge in [0.1, 0.15) is 30.3 Å². The Labute approximate surface area is 184 Å². The smallest absolute Gasteiger partial charge is 0.332 e. The quantitative estimate of drug-likeness (QED) is 0.457. The molecule has 6 nitrogen and oxygen atoms in total. The van der Waals surface area contributed by atoms with E-state index in [1.54, 1.807) is 25.1 Å². The van der Waals surface area contributed by atoms with E-state index < -0.39 is 5.60 Å². The fourth-order valence-corrected chi connectivity index (χ4v) is 3.74. The number of para-hydroxylation sites is 1. The molecule has 0 radical (unpaired) electrons. The molecule has 4 rings (SSSR count). The highest BCUT2D eigenvalue weighted by molar-refractivity contribution is 6.34. The van der Waals surface area contributed by atoms with Crippen molar-refractivity contribution in [3.05, 3.63) is 63.8 Å². The summed E-state index contributed by atoms with van der Waals surface area (Å²) in [5.74, 6) is 0.733. The molecule has 31 heavy (non-hydrogen) atoms. The van der Waals surface area contributed by atoms with Gasteiger partial charge in [-0.1, -0.05) is 17.7 Å². The molecule has 0 spiro atoms. The Morgan fingerprint density at radius 1 is 1.16 bits per heavy atom. The third-order valence-corrected chi connectivity index (χ3v) is 5.71. The summed E-state index contributed by atoms with van der Waals surface area (Å²) in [6.07, 6.45) is 2.72. The van der Waals surface area contributed by atoms with Crippen molar-refractivity contribution in [2.45, 2.75) is 31.8 Å². The van der Waals surface area contributed by atoms with E-state index in [1.807, 2.05) is 24.3 Å². The molecule has 3 aromatic rings. The van der Waals surface area contributed by atoms with Gasteiger partial charge in [0.25, 0.3) is 0 Å². The van der Waals surface area contributed by atoms with Crippen molar-refractivity contribution in [2.24, 2.45) is 0 Å². The van der Waals surface area contributed by atoms with Crippen LogP contribution in [-0.2, 0) is 14.3 Å². The van der Waals surface area contributed by atoms with Crippen LogP contribution in [-0.4, -0.2) is 31.4 Å². The van der Waals surface area contributed by atoms with Gasteiger partial charge < -0.3 is 18.6 Å². The molecule has 1 fully saturated rings. The number of esters is 1. The third kappa shape index (κ3) is 4.75. The highest BCUT2D eigenvalue weighted by Crippen LogP contribution is 2.36. The number of hydrogen-bond acceptors (Lipinski definition) is 6. The van der Waals surface area contributed by atoms with Crippen molar-refractivity contribution in [2.75, 3.05) is 19.8 Å². The lowest BCUT2D eigenvalue weighted by Gasteiger charge is -2.40. The van der Waals surface area contributed by atoms with Crippen molar-refractivity contribution in [1.29, 1.82) is 0 Å². The number of carbonyl (C=O) groups excluding carboxylic acids is 1. The SMILES string of the molecule is CCOC(=O)COC1(COc2ccc(-c3cc(=O)c4cccc(Cl)c4o3)cc2)CCC1. The molecule has 0 bridgehead atoms. The van der Waals surface area contributed by atoms with E-state index in [0.717, 1.165) is 24.8 Å². The number of carbonyl (C=O) groups is 1. The molecule has 1 aromatic heterocycles. The first kappa shape index (κ1) is 21.4. The van der Waals surface area contributed by atoms with Crippen LogP contribution >= 0.6 is 11.6 Å². The molecule has 0 unspecified atom stereocenters. The number of rotatable bonds is 8. The molecule has 2 aromatic carbocycles. The van der Waals surface area contributed by atoms with E-state index in [2.05, 4.69) is 0 Å². The van der Waals surface area contributed by atoms with Gasteiger partial charge >= 0.3 is 5.97 Å². The van der Waals surface area contributed by atoms with Crippen molar-refractivity contribution >= 4 is 28.5 Å². The van der Waals surface area contributed by atoms with Crippen LogP contribution in [0.4, 0.5) is 0 Å². The molecular weight excluding hydrogens is 420 g/mol. The number of ether oxygens (including phenoxy) is 3. The normalized spacial score (nSPS) is 14.8. The second-order valence-corrected chi connectivity index (χ2v) is 7.94. The van der Waals surface area contributed by atoms with Gasteiger partial charge in [-0.05, 0) is 62.6 Å². The Morgan fingerprint density at radius 3 is 2.61 bits per heavy atom. The summed E-state index contributed by atoms with van der Waals surface area (Å²) >= 11 is 6.19. The van der Waals surface area contributed by atoms with Gasteiger partial charge in [-0.2, -0.15) is 0 Å². The lowest BCUT2D eigenvalue weighted by atomic mass is 9.80. The lowest BCUT2D eigenvalue weighted by molar-refractivity contribution is -0.167. The van der Waals surface area contributed by atoms with Gasteiger partial charge in [0, 0.05) is 11.6 Å². The maximum Gasteiger partial charge on any atom is 0.332 e. The highest BCUT2D eigenvalue weighted by atomic mass is 35.5. The van der Waals surface area contributed by atoms with E-state index >= 15 is 0 Å². The van der Waals surface area contributed by atoms with Crippen molar-refractivity contribution in [3.8, 4) is 17.1 Å². The summed E-state index contributed by atoms with van der Waals surface area (Å²) in [6.45, 7) is 2.38. The van der Waals surface area contributed by atoms with E-state index in [4.69, 9.17) is 30.2 Å². The Kier molecular flexibility index (Phi) is 6.30. The number of benzene rings is 2. The molecule has 0 amide bonds. The van der Waals surface area contributed by atoms with Crippen LogP contribution in [0.3, 0.4) is 0 Å². The van der Waals surface area contributed by atoms with E-state index in [0.29, 0.717) is 40.7 Å². The molecule has 0 N–H and O–H groups in total. The zero-order valence-electron chi connectivity index (χ0n) is 17.2. The predicted octanol–water partition coefficient (Wildman–Crippen LogP) is 4.99. The highest BCUT2D eigenvalue weighted by Gasteiger charge is 2.39. The molecule has 0 aliphatic heterocycles. The summed E-state index contributed by atoms with van der Waals surface area (Å²) < 4.78 is 22.5. The largest absolute Gasteiger partial charge is 0.491 e. The maximum atomic E-state index is 12.4. The molecule has 1 aliphatic rings. The van der Waals surface area contributed by atoms with Crippen LogP contribution in [0.5, 0.6) is 5.75 Å². The zero-order chi connectivity index (χ0) is 21.8. The minimum Gasteiger partial charge on any atom is -0.491 e. The van der Waals surface area contributed by atoms with Crippen LogP contribution in [0.2, 0.25) is 5.02 Å². The van der Waals surface area contributed by atoms with Gasteiger partial charge in [-0.15, -0.1) is 0 Å². The number of fused-ring (bicyclic) bond motifs is 1. The van der Waals surface area contributed by atoms with Crippen LogP contribution in [0, 0.1) is 0 Å². The molecule has 7 heteroatoms. The average Bonchev–Trinajstić information content (AvgIpc) is 2.74. The summed E-state index contributed by atoms with van der Waals surface area (Å²) in [7, 11) is 0. The molecule has 1 aliphatic carbocycles. The topological polar surface area (TPSA) is 75.0 Å². The van der Waals surface area contributed by atoms with E-state index in [1.165, 1.54) is 6.07 Å². The molecular formula is C24H23ClO6. The average molecular weight is 443 g/mol. The molecule has 1 saturated carbocycles. The maximum absolute atomic E-state index is 12.4. The van der Waals surface area contributed by atoms with Gasteiger partial charge in [0.05, 0.1) is 17.0 Å². The second-order valence-electron chi connectivity index (χ2n) is 7.53. The predicted molar refractivity (Wildman–Crippen MR) is 118 cm³/mol. The van der Waals surface area contributed by atoms with Gasteiger partial charge in [0.2, 0.25) is 0 Å². The fraction of sp³-hybridized carbons (Fsp3) is 0.333. The third-order valence-electron chi connectivity index (χ3n) is 5.41. The Balaban J connectivity index is 1.44. The first-order chi connectivity index (χ1) is 15.0. The van der Waals surface area contributed by atoms with E-state index in [9.17, 15) is 9.59 Å². The minimum absolute atomic E-state index is 0.0697. The summed E-state index contributed by atoms with van der Waals surface area (Å²) in [5.41, 5.74) is 0.512. The van der Waals surface area contributed by atoms with Crippen molar-refractivity contribution < 1.29 is 23.4 Å². The Bertz CT molecular complexity index is 1130. The first-order valence-electron chi connectivity index (χ1n) is 10.2. The van der Waals surface area contributed by atoms with Crippen molar-refractivity contribution in [3.63, 3.8) is 0 Å². The minimum atomic E-state index is -0.451. The van der Waals surface area contributed by atoms with Gasteiger partial charge in [-0.25, -0.2) is 4.79 Å². The molecule has 0 saturated heterocycles. The van der Waals surface area contributed by atoms with E-state index in [-0.39, 0.29) is 18.0 Å².